The molecule has 0 spiro atoms. The van der Waals surface area contributed by atoms with Gasteiger partial charge in [0.25, 0.3) is 5.92 Å². The molecule has 3 N–H and O–H groups in total. The van der Waals surface area contributed by atoms with E-state index in [9.17, 15) is 27.1 Å². The Morgan fingerprint density at radius 3 is 2.41 bits per heavy atom. The van der Waals surface area contributed by atoms with E-state index in [2.05, 4.69) is 32.2 Å². The Hall–Kier alpha value is -3.34. The van der Waals surface area contributed by atoms with E-state index in [1.54, 1.807) is 19.9 Å². The van der Waals surface area contributed by atoms with Crippen LogP contribution in [0.2, 0.25) is 0 Å². The number of anilines is 2. The zero-order valence-electron chi connectivity index (χ0n) is 18.9. The summed E-state index contributed by atoms with van der Waals surface area (Å²) in [5.41, 5.74) is -1.45. The maximum Gasteiger partial charge on any atom is 0.433 e. The summed E-state index contributed by atoms with van der Waals surface area (Å²) in [7, 11) is 0. The molecule has 0 saturated heterocycles. The average molecular weight is 483 g/mol. The van der Waals surface area contributed by atoms with Crippen molar-refractivity contribution in [3.05, 3.63) is 66.0 Å². The number of aliphatic hydroxyl groups is 1. The van der Waals surface area contributed by atoms with Crippen LogP contribution in [-0.4, -0.2) is 39.1 Å². The monoisotopic (exact) mass is 483 g/mol. The van der Waals surface area contributed by atoms with Crippen LogP contribution in [0.5, 0.6) is 0 Å². The lowest BCUT2D eigenvalue weighted by Gasteiger charge is -2.15. The molecule has 2 rings (SSSR count). The Bertz CT molecular complexity index is 1060. The van der Waals surface area contributed by atoms with Gasteiger partial charge in [0.2, 0.25) is 0 Å². The van der Waals surface area contributed by atoms with Crippen LogP contribution in [-0.2, 0) is 6.18 Å². The predicted molar refractivity (Wildman–Crippen MR) is 121 cm³/mol. The quantitative estimate of drug-likeness (QED) is 0.298. The van der Waals surface area contributed by atoms with Crippen LogP contribution in [0.15, 0.2) is 60.3 Å². The lowest BCUT2D eigenvalue weighted by Crippen LogP contribution is -2.16. The van der Waals surface area contributed by atoms with Crippen molar-refractivity contribution in [3.63, 3.8) is 0 Å². The summed E-state index contributed by atoms with van der Waals surface area (Å²) >= 11 is 0. The van der Waals surface area contributed by atoms with Gasteiger partial charge in [0.15, 0.2) is 5.82 Å². The molecule has 1 unspecified atom stereocenters. The average Bonchev–Trinajstić information content (AvgIpc) is 2.76. The Kier molecular flexibility index (Phi) is 8.86. The van der Waals surface area contributed by atoms with Crippen molar-refractivity contribution < 1.29 is 27.1 Å². The van der Waals surface area contributed by atoms with Crippen molar-refractivity contribution in [3.8, 4) is 11.5 Å². The fourth-order valence-electron chi connectivity index (χ4n) is 2.54. The van der Waals surface area contributed by atoms with Gasteiger partial charge in [0, 0.05) is 37.4 Å². The second-order valence-electron chi connectivity index (χ2n) is 7.67. The third-order valence-corrected chi connectivity index (χ3v) is 4.45. The van der Waals surface area contributed by atoms with Gasteiger partial charge in [-0.25, -0.2) is 23.7 Å². The van der Waals surface area contributed by atoms with Gasteiger partial charge in [0.05, 0.1) is 0 Å². The number of allylic oxidation sites excluding steroid dienone is 4. The molecule has 0 saturated carbocycles. The van der Waals surface area contributed by atoms with Crippen molar-refractivity contribution in [2.45, 2.75) is 32.9 Å². The van der Waals surface area contributed by atoms with Gasteiger partial charge in [-0.2, -0.15) is 13.2 Å². The van der Waals surface area contributed by atoms with Gasteiger partial charge in [-0.15, -0.1) is 0 Å². The number of alkyl halides is 5. The highest BCUT2D eigenvalue weighted by Gasteiger charge is 2.32. The van der Waals surface area contributed by atoms with E-state index in [1.165, 1.54) is 24.3 Å². The van der Waals surface area contributed by atoms with E-state index in [1.807, 2.05) is 0 Å². The van der Waals surface area contributed by atoms with Gasteiger partial charge >= 0.3 is 6.18 Å². The zero-order chi connectivity index (χ0) is 25.5. The molecule has 11 heteroatoms. The second-order valence-corrected chi connectivity index (χ2v) is 7.67. The Morgan fingerprint density at radius 2 is 1.82 bits per heavy atom. The topological polar surface area (TPSA) is 83.0 Å². The van der Waals surface area contributed by atoms with Crippen LogP contribution in [0.1, 0.15) is 26.5 Å². The summed E-state index contributed by atoms with van der Waals surface area (Å²) in [6.45, 7) is 7.79. The summed E-state index contributed by atoms with van der Waals surface area (Å²) in [6, 6.07) is 4.81. The van der Waals surface area contributed by atoms with E-state index >= 15 is 0 Å². The number of pyridine rings is 1. The number of aliphatic hydroxyl groups excluding tert-OH is 1. The molecule has 0 aliphatic carbocycles. The highest BCUT2D eigenvalue weighted by Crippen LogP contribution is 2.30. The van der Waals surface area contributed by atoms with Crippen LogP contribution in [0, 0.1) is 5.92 Å². The molecule has 0 bridgehead atoms. The van der Waals surface area contributed by atoms with Crippen LogP contribution >= 0.6 is 0 Å². The molecule has 0 aliphatic rings. The third kappa shape index (κ3) is 7.91. The largest absolute Gasteiger partial charge is 0.433 e. The van der Waals surface area contributed by atoms with Crippen LogP contribution in [0.25, 0.3) is 11.5 Å². The third-order valence-electron chi connectivity index (χ3n) is 4.45. The smallest absolute Gasteiger partial charge is 0.396 e. The van der Waals surface area contributed by atoms with E-state index in [0.29, 0.717) is 13.5 Å². The SMILES string of the molecule is C=C(/C=C(\C=C/C)Nc1cc(NCC(C)CO)nc(-c2cccc(C(F)(F)F)n2)n1)C(C)(F)F. The lowest BCUT2D eigenvalue weighted by atomic mass is 10.1. The van der Waals surface area contributed by atoms with Gasteiger partial charge in [0.1, 0.15) is 23.0 Å². The fraction of sp³-hybridized carbons (Fsp3) is 0.348. The molecule has 1 atom stereocenters. The fourth-order valence-corrected chi connectivity index (χ4v) is 2.54. The molecule has 2 heterocycles. The van der Waals surface area contributed by atoms with Gasteiger partial charge in [-0.1, -0.05) is 25.6 Å². The van der Waals surface area contributed by atoms with Crippen LogP contribution in [0.3, 0.4) is 0 Å². The Balaban J connectivity index is 2.52. The molecule has 0 aliphatic heterocycles. The van der Waals surface area contributed by atoms with Crippen molar-refractivity contribution >= 4 is 11.6 Å². The number of hydrogen-bond donors (Lipinski definition) is 3. The van der Waals surface area contributed by atoms with Crippen LogP contribution in [0.4, 0.5) is 33.6 Å². The minimum Gasteiger partial charge on any atom is -0.396 e. The molecule has 0 fully saturated rings. The first-order valence-corrected chi connectivity index (χ1v) is 10.3. The normalized spacial score (nSPS) is 13.7. The summed E-state index contributed by atoms with van der Waals surface area (Å²) in [5.74, 6) is -3.03. The van der Waals surface area contributed by atoms with Crippen molar-refractivity contribution in [2.75, 3.05) is 23.8 Å². The Morgan fingerprint density at radius 1 is 1.15 bits per heavy atom. The van der Waals surface area contributed by atoms with Crippen molar-refractivity contribution in [2.24, 2.45) is 5.92 Å². The first kappa shape index (κ1) is 26.9. The van der Waals surface area contributed by atoms with E-state index in [4.69, 9.17) is 0 Å². The number of halogens is 5. The number of rotatable bonds is 10. The van der Waals surface area contributed by atoms with Crippen molar-refractivity contribution in [1.29, 1.82) is 0 Å². The molecule has 2 aromatic rings. The number of hydrogen-bond acceptors (Lipinski definition) is 6. The molecule has 34 heavy (non-hydrogen) atoms. The minimum atomic E-state index is -4.66. The highest BCUT2D eigenvalue weighted by molar-refractivity contribution is 5.60. The summed E-state index contributed by atoms with van der Waals surface area (Å²) in [4.78, 5) is 12.1. The second kappa shape index (κ2) is 11.2. The zero-order valence-corrected chi connectivity index (χ0v) is 18.9. The predicted octanol–water partition coefficient (Wildman–Crippen LogP) is 5.68. The molecule has 184 valence electrons. The number of nitrogens with zero attached hydrogens (tertiary/aromatic N) is 3. The molecule has 6 nitrogen and oxygen atoms in total. The van der Waals surface area contributed by atoms with Gasteiger partial charge in [-0.05, 0) is 37.1 Å². The summed E-state index contributed by atoms with van der Waals surface area (Å²) in [6.07, 6.45) is -0.386. The standard InChI is InChI=1S/C23H26F5N5O/c1-5-7-16(10-15(3)22(4,24)25)30-20-11-19(29-12-14(2)13-34)32-21(33-20)17-8-6-9-18(31-17)23(26,27)28/h5-11,14,34H,3,12-13H2,1-2,4H3,(H2,29,30,32,33)/b7-5-,16-10+. The number of nitrogens with one attached hydrogen (secondary N) is 2. The Labute approximate surface area is 194 Å². The summed E-state index contributed by atoms with van der Waals surface area (Å²) in [5, 5.41) is 15.1. The number of aromatic nitrogens is 3. The molecule has 0 aromatic carbocycles. The van der Waals surface area contributed by atoms with E-state index in [0.717, 1.165) is 12.1 Å². The maximum absolute atomic E-state index is 13.6. The van der Waals surface area contributed by atoms with Gasteiger partial charge in [-0.3, -0.25) is 0 Å². The molecular formula is C23H26F5N5O. The maximum atomic E-state index is 13.6. The highest BCUT2D eigenvalue weighted by atomic mass is 19.4. The summed E-state index contributed by atoms with van der Waals surface area (Å²) < 4.78 is 66.6. The van der Waals surface area contributed by atoms with E-state index < -0.39 is 23.4 Å². The molecular weight excluding hydrogens is 457 g/mol. The molecule has 0 radical (unpaired) electrons. The lowest BCUT2D eigenvalue weighted by molar-refractivity contribution is -0.141. The van der Waals surface area contributed by atoms with Crippen molar-refractivity contribution in [1.82, 2.24) is 15.0 Å². The molecule has 2 aromatic heterocycles. The minimum absolute atomic E-state index is 0.0905. The van der Waals surface area contributed by atoms with Gasteiger partial charge < -0.3 is 15.7 Å². The van der Waals surface area contributed by atoms with E-state index in [-0.39, 0.29) is 41.4 Å². The van der Waals surface area contributed by atoms with Crippen LogP contribution < -0.4 is 10.6 Å². The first-order chi connectivity index (χ1) is 15.8. The first-order valence-electron chi connectivity index (χ1n) is 10.3. The molecule has 0 amide bonds.